The molecule has 1 saturated heterocycles. The first-order chi connectivity index (χ1) is 9.29. The van der Waals surface area contributed by atoms with Crippen molar-refractivity contribution in [1.29, 1.82) is 0 Å². The highest BCUT2D eigenvalue weighted by atomic mass is 35.5. The Morgan fingerprint density at radius 3 is 2.74 bits per heavy atom. The lowest BCUT2D eigenvalue weighted by Crippen LogP contribution is -2.44. The van der Waals surface area contributed by atoms with Crippen molar-refractivity contribution in [3.8, 4) is 0 Å². The van der Waals surface area contributed by atoms with E-state index in [4.69, 9.17) is 11.6 Å². The molecule has 0 spiro atoms. The van der Waals surface area contributed by atoms with Crippen LogP contribution in [0.4, 0.5) is 5.82 Å². The molecule has 0 aromatic carbocycles. The van der Waals surface area contributed by atoms with Crippen molar-refractivity contribution >= 4 is 28.5 Å². The van der Waals surface area contributed by atoms with Gasteiger partial charge in [-0.1, -0.05) is 0 Å². The molecule has 6 nitrogen and oxygen atoms in total. The molecule has 0 amide bonds. The minimum Gasteiger partial charge on any atom is -0.353 e. The minimum absolute atomic E-state index is 0.532. The summed E-state index contributed by atoms with van der Waals surface area (Å²) in [7, 11) is 2.14. The molecule has 0 radical (unpaired) electrons. The molecular weight excluding hydrogens is 264 g/mol. The van der Waals surface area contributed by atoms with Crippen molar-refractivity contribution in [3.05, 3.63) is 12.5 Å². The predicted octanol–water partition coefficient (Wildman–Crippen LogP) is 0.817. The van der Waals surface area contributed by atoms with Crippen molar-refractivity contribution in [2.24, 2.45) is 0 Å². The Bertz CT molecular complexity index is 560. The third kappa shape index (κ3) is 2.37. The second-order valence-electron chi connectivity index (χ2n) is 4.78. The van der Waals surface area contributed by atoms with Crippen LogP contribution in [0.1, 0.15) is 0 Å². The zero-order valence-corrected chi connectivity index (χ0v) is 11.7. The van der Waals surface area contributed by atoms with E-state index in [0.29, 0.717) is 12.4 Å². The summed E-state index contributed by atoms with van der Waals surface area (Å²) in [5, 5.41) is 5.36. The van der Waals surface area contributed by atoms with E-state index in [0.717, 1.165) is 43.0 Å². The standard InChI is InChI=1S/C12H17ClN6/c1-17-4-6-18(7-5-17)11-10-8-16-19(3-2-13)12(10)15-9-14-11/h8-9H,2-7H2,1H3. The second-order valence-corrected chi connectivity index (χ2v) is 5.16. The Morgan fingerprint density at radius 1 is 1.21 bits per heavy atom. The van der Waals surface area contributed by atoms with Gasteiger partial charge in [0, 0.05) is 32.1 Å². The van der Waals surface area contributed by atoms with Gasteiger partial charge >= 0.3 is 0 Å². The smallest absolute Gasteiger partial charge is 0.163 e. The minimum atomic E-state index is 0.532. The zero-order chi connectivity index (χ0) is 13.2. The van der Waals surface area contributed by atoms with E-state index in [-0.39, 0.29) is 0 Å². The Morgan fingerprint density at radius 2 is 2.00 bits per heavy atom. The number of hydrogen-bond donors (Lipinski definition) is 0. The van der Waals surface area contributed by atoms with Gasteiger partial charge in [-0.05, 0) is 7.05 Å². The molecule has 2 aromatic heterocycles. The first kappa shape index (κ1) is 12.6. The summed E-state index contributed by atoms with van der Waals surface area (Å²) in [6.07, 6.45) is 3.46. The summed E-state index contributed by atoms with van der Waals surface area (Å²) >= 11 is 5.78. The predicted molar refractivity (Wildman–Crippen MR) is 75.8 cm³/mol. The SMILES string of the molecule is CN1CCN(c2ncnc3c2cnn3CCCl)CC1. The lowest BCUT2D eigenvalue weighted by atomic mass is 10.3. The van der Waals surface area contributed by atoms with Crippen LogP contribution in [0.3, 0.4) is 0 Å². The molecule has 0 unspecified atom stereocenters. The fourth-order valence-corrected chi connectivity index (χ4v) is 2.55. The first-order valence-electron chi connectivity index (χ1n) is 6.45. The topological polar surface area (TPSA) is 50.1 Å². The largest absolute Gasteiger partial charge is 0.353 e. The molecular formula is C12H17ClN6. The highest BCUT2D eigenvalue weighted by molar-refractivity contribution is 6.17. The van der Waals surface area contributed by atoms with Crippen LogP contribution in [0.2, 0.25) is 0 Å². The zero-order valence-electron chi connectivity index (χ0n) is 11.0. The monoisotopic (exact) mass is 280 g/mol. The van der Waals surface area contributed by atoms with Crippen molar-refractivity contribution in [2.45, 2.75) is 6.54 Å². The van der Waals surface area contributed by atoms with E-state index in [9.17, 15) is 0 Å². The van der Waals surface area contributed by atoms with Gasteiger partial charge < -0.3 is 9.80 Å². The fourth-order valence-electron chi connectivity index (χ4n) is 2.39. The maximum absolute atomic E-state index is 5.78. The molecule has 2 aromatic rings. The molecule has 0 aliphatic carbocycles. The second kappa shape index (κ2) is 5.30. The maximum Gasteiger partial charge on any atom is 0.163 e. The summed E-state index contributed by atoms with van der Waals surface area (Å²) in [6.45, 7) is 4.76. The van der Waals surface area contributed by atoms with Crippen molar-refractivity contribution in [3.63, 3.8) is 0 Å². The number of piperazine rings is 1. The molecule has 0 N–H and O–H groups in total. The molecule has 19 heavy (non-hydrogen) atoms. The van der Waals surface area contributed by atoms with E-state index in [2.05, 4.69) is 31.9 Å². The molecule has 3 rings (SSSR count). The lowest BCUT2D eigenvalue weighted by Gasteiger charge is -2.33. The van der Waals surface area contributed by atoms with E-state index in [1.807, 2.05) is 10.9 Å². The average molecular weight is 281 g/mol. The third-order valence-corrected chi connectivity index (χ3v) is 3.68. The average Bonchev–Trinajstić information content (AvgIpc) is 2.84. The number of hydrogen-bond acceptors (Lipinski definition) is 5. The highest BCUT2D eigenvalue weighted by Crippen LogP contribution is 2.23. The molecule has 0 saturated carbocycles. The highest BCUT2D eigenvalue weighted by Gasteiger charge is 2.19. The molecule has 1 fully saturated rings. The van der Waals surface area contributed by atoms with Crippen molar-refractivity contribution < 1.29 is 0 Å². The fraction of sp³-hybridized carbons (Fsp3) is 0.583. The van der Waals surface area contributed by atoms with Gasteiger partial charge in [-0.2, -0.15) is 5.10 Å². The summed E-state index contributed by atoms with van der Waals surface area (Å²) in [6, 6.07) is 0. The van der Waals surface area contributed by atoms with Crippen LogP contribution in [0.25, 0.3) is 11.0 Å². The van der Waals surface area contributed by atoms with E-state index >= 15 is 0 Å². The Hall–Kier alpha value is -1.40. The molecule has 0 atom stereocenters. The lowest BCUT2D eigenvalue weighted by molar-refractivity contribution is 0.312. The van der Waals surface area contributed by atoms with E-state index in [1.54, 1.807) is 6.33 Å². The van der Waals surface area contributed by atoms with Crippen LogP contribution < -0.4 is 4.90 Å². The van der Waals surface area contributed by atoms with Gasteiger partial charge in [0.1, 0.15) is 12.1 Å². The van der Waals surface area contributed by atoms with Crippen molar-refractivity contribution in [2.75, 3.05) is 44.0 Å². The number of aryl methyl sites for hydroxylation is 1. The van der Waals surface area contributed by atoms with Gasteiger partial charge in [0.2, 0.25) is 0 Å². The molecule has 0 bridgehead atoms. The molecule has 3 heterocycles. The molecule has 1 aliphatic heterocycles. The molecule has 7 heteroatoms. The summed E-state index contributed by atoms with van der Waals surface area (Å²) in [4.78, 5) is 13.4. The normalized spacial score (nSPS) is 17.3. The van der Waals surface area contributed by atoms with Gasteiger partial charge in [0.05, 0.1) is 18.1 Å². The van der Waals surface area contributed by atoms with Gasteiger partial charge in [0.15, 0.2) is 5.65 Å². The Labute approximate surface area is 117 Å². The van der Waals surface area contributed by atoms with Gasteiger partial charge in [-0.3, -0.25) is 0 Å². The Kier molecular flexibility index (Phi) is 3.52. The quantitative estimate of drug-likeness (QED) is 0.779. The maximum atomic E-state index is 5.78. The number of anilines is 1. The van der Waals surface area contributed by atoms with Gasteiger partial charge in [0.25, 0.3) is 0 Å². The van der Waals surface area contributed by atoms with Gasteiger partial charge in [-0.25, -0.2) is 14.6 Å². The summed E-state index contributed by atoms with van der Waals surface area (Å²) in [5.74, 6) is 1.52. The van der Waals surface area contributed by atoms with Crippen LogP contribution in [0, 0.1) is 0 Å². The van der Waals surface area contributed by atoms with Crippen LogP contribution >= 0.6 is 11.6 Å². The van der Waals surface area contributed by atoms with Crippen LogP contribution in [-0.2, 0) is 6.54 Å². The number of aromatic nitrogens is 4. The summed E-state index contributed by atoms with van der Waals surface area (Å²) in [5.41, 5.74) is 0.865. The number of fused-ring (bicyclic) bond motifs is 1. The molecule has 1 aliphatic rings. The first-order valence-corrected chi connectivity index (χ1v) is 6.99. The Balaban J connectivity index is 1.95. The van der Waals surface area contributed by atoms with Crippen LogP contribution in [0.15, 0.2) is 12.5 Å². The van der Waals surface area contributed by atoms with Crippen molar-refractivity contribution in [1.82, 2.24) is 24.6 Å². The number of alkyl halides is 1. The summed E-state index contributed by atoms with van der Waals surface area (Å²) < 4.78 is 1.84. The van der Waals surface area contributed by atoms with E-state index in [1.165, 1.54) is 0 Å². The van der Waals surface area contributed by atoms with Gasteiger partial charge in [-0.15, -0.1) is 11.6 Å². The van der Waals surface area contributed by atoms with Crippen LogP contribution in [0.5, 0.6) is 0 Å². The number of nitrogens with zero attached hydrogens (tertiary/aromatic N) is 6. The van der Waals surface area contributed by atoms with Crippen LogP contribution in [-0.4, -0.2) is 63.8 Å². The van der Waals surface area contributed by atoms with E-state index < -0.39 is 0 Å². The molecule has 102 valence electrons. The number of halogens is 1. The number of likely N-dealkylation sites (N-methyl/N-ethyl adjacent to an activating group) is 1. The third-order valence-electron chi connectivity index (χ3n) is 3.51. The number of rotatable bonds is 3.